The quantitative estimate of drug-likeness (QED) is 0.0281. The number of hydrogen-bond acceptors (Lipinski definition) is 12. The van der Waals surface area contributed by atoms with E-state index in [0.717, 1.165) is 67.5 Å². The molecule has 2 aromatic carbocycles. The number of nitro groups is 1. The molecule has 376 valence electrons. The smallest absolute Gasteiger partial charge is 0.409 e. The van der Waals surface area contributed by atoms with E-state index >= 15 is 0 Å². The van der Waals surface area contributed by atoms with Crippen LogP contribution in [0.4, 0.5) is 10.5 Å². The third-order valence-electron chi connectivity index (χ3n) is 14.0. The minimum atomic E-state index is -1.43. The third-order valence-corrected chi connectivity index (χ3v) is 14.0. The van der Waals surface area contributed by atoms with Gasteiger partial charge in [0.25, 0.3) is 5.69 Å². The summed E-state index contributed by atoms with van der Waals surface area (Å²) in [5.41, 5.74) is 4.87. The number of aliphatic hydroxyl groups excluding tert-OH is 2. The summed E-state index contributed by atoms with van der Waals surface area (Å²) < 4.78 is 26.8. The Morgan fingerprint density at radius 1 is 0.942 bits per heavy atom. The molecule has 6 rings (SSSR count). The molecule has 1 amide bonds. The predicted molar refractivity (Wildman–Crippen MR) is 267 cm³/mol. The second-order valence-electron chi connectivity index (χ2n) is 18.9. The number of hydrogen-bond donors (Lipinski definition) is 2. The molecular weight excluding hydrogens is 877 g/mol. The van der Waals surface area contributed by atoms with E-state index in [2.05, 4.69) is 30.6 Å². The SMILES string of the molecule is C=CCO[C@@]12Oc3ccc(OCc4cccc(C)n4)cc3[C@H]3[C@H](CCCCO)[C@@H](CCCCO)C=C(C(=NOCc4ccc([N+](=O)[O-])cc4)C[C@@H]1N(C)C(=O)OCCCCCCCCCCCC)[C@H]32. The first-order valence-corrected chi connectivity index (χ1v) is 25.5. The number of allylic oxidation sites excluding steroid dienone is 1. The molecule has 2 aliphatic carbocycles. The average Bonchev–Trinajstić information content (AvgIpc) is 3.35. The van der Waals surface area contributed by atoms with Crippen molar-refractivity contribution in [3.63, 3.8) is 0 Å². The maximum atomic E-state index is 14.3. The lowest BCUT2D eigenvalue weighted by atomic mass is 9.55. The molecule has 3 aliphatic rings. The number of pyridine rings is 1. The molecule has 1 saturated carbocycles. The molecular formula is C55H76N4O10. The lowest BCUT2D eigenvalue weighted by molar-refractivity contribution is -0.384. The Bertz CT molecular complexity index is 2160. The first-order chi connectivity index (χ1) is 33.6. The number of nitrogens with zero attached hydrogens (tertiary/aromatic N) is 4. The maximum absolute atomic E-state index is 14.3. The number of rotatable bonds is 30. The molecule has 0 saturated heterocycles. The molecule has 2 N–H and O–H groups in total. The molecule has 14 heteroatoms. The lowest BCUT2D eigenvalue weighted by Gasteiger charge is -2.59. The summed E-state index contributed by atoms with van der Waals surface area (Å²) in [5, 5.41) is 36.2. The van der Waals surface area contributed by atoms with Crippen LogP contribution in [-0.2, 0) is 27.5 Å². The van der Waals surface area contributed by atoms with Crippen LogP contribution in [-0.4, -0.2) is 82.1 Å². The van der Waals surface area contributed by atoms with E-state index in [-0.39, 0.29) is 69.5 Å². The van der Waals surface area contributed by atoms with Gasteiger partial charge in [0.05, 0.1) is 35.5 Å². The van der Waals surface area contributed by atoms with Crippen LogP contribution in [0.2, 0.25) is 0 Å². The van der Waals surface area contributed by atoms with Crippen molar-refractivity contribution >= 4 is 17.5 Å². The van der Waals surface area contributed by atoms with Crippen LogP contribution in [0.15, 0.2) is 90.1 Å². The highest BCUT2D eigenvalue weighted by molar-refractivity contribution is 6.03. The number of non-ortho nitro benzene ring substituents is 1. The van der Waals surface area contributed by atoms with Gasteiger partial charge in [-0.25, -0.2) is 4.79 Å². The Balaban J connectivity index is 1.39. The van der Waals surface area contributed by atoms with E-state index in [4.69, 9.17) is 28.9 Å². The van der Waals surface area contributed by atoms with Crippen LogP contribution < -0.4 is 9.47 Å². The number of nitro benzene ring substituents is 1. The van der Waals surface area contributed by atoms with Crippen molar-refractivity contribution in [3.8, 4) is 11.5 Å². The van der Waals surface area contributed by atoms with Crippen molar-refractivity contribution in [2.45, 2.75) is 154 Å². The second kappa shape index (κ2) is 27.2. The van der Waals surface area contributed by atoms with Gasteiger partial charge < -0.3 is 38.9 Å². The molecule has 6 atom stereocenters. The summed E-state index contributed by atoms with van der Waals surface area (Å²) in [4.78, 5) is 37.7. The average molecular weight is 953 g/mol. The number of likely N-dealkylation sites (N-methyl/N-ethyl adjacent to an activating group) is 1. The number of benzene rings is 2. The van der Waals surface area contributed by atoms with Crippen LogP contribution in [0.3, 0.4) is 0 Å². The van der Waals surface area contributed by atoms with Crippen LogP contribution in [0.5, 0.6) is 11.5 Å². The minimum Gasteiger partial charge on any atom is -0.487 e. The zero-order chi connectivity index (χ0) is 49.0. The highest BCUT2D eigenvalue weighted by atomic mass is 16.7. The molecule has 1 aliphatic heterocycles. The molecule has 0 spiro atoms. The van der Waals surface area contributed by atoms with Crippen molar-refractivity contribution in [3.05, 3.63) is 118 Å². The molecule has 3 aromatic rings. The predicted octanol–water partition coefficient (Wildman–Crippen LogP) is 11.7. The first-order valence-electron chi connectivity index (χ1n) is 25.5. The maximum Gasteiger partial charge on any atom is 0.409 e. The Labute approximate surface area is 409 Å². The Hall–Kier alpha value is -5.31. The van der Waals surface area contributed by atoms with E-state index in [1.165, 1.54) is 57.1 Å². The third kappa shape index (κ3) is 14.2. The summed E-state index contributed by atoms with van der Waals surface area (Å²) in [6, 6.07) is 17.2. The van der Waals surface area contributed by atoms with E-state index in [1.54, 1.807) is 30.2 Å². The van der Waals surface area contributed by atoms with Crippen LogP contribution in [0, 0.1) is 34.8 Å². The molecule has 69 heavy (non-hydrogen) atoms. The Morgan fingerprint density at radius 2 is 1.65 bits per heavy atom. The normalized spacial score (nSPS) is 21.9. The van der Waals surface area contributed by atoms with Gasteiger partial charge in [-0.2, -0.15) is 0 Å². The van der Waals surface area contributed by atoms with E-state index < -0.39 is 28.8 Å². The van der Waals surface area contributed by atoms with Gasteiger partial charge in [0.1, 0.15) is 30.8 Å². The topological polar surface area (TPSA) is 175 Å². The van der Waals surface area contributed by atoms with Gasteiger partial charge >= 0.3 is 6.09 Å². The van der Waals surface area contributed by atoms with Crippen LogP contribution in [0.1, 0.15) is 145 Å². The van der Waals surface area contributed by atoms with Gasteiger partial charge in [0.15, 0.2) is 0 Å². The number of ether oxygens (including phenoxy) is 4. The summed E-state index contributed by atoms with van der Waals surface area (Å²) in [7, 11) is 1.73. The van der Waals surface area contributed by atoms with E-state index in [9.17, 15) is 25.1 Å². The molecule has 14 nitrogen and oxygen atoms in total. The van der Waals surface area contributed by atoms with E-state index in [0.29, 0.717) is 35.6 Å². The van der Waals surface area contributed by atoms with Crippen molar-refractivity contribution in [2.24, 2.45) is 22.9 Å². The largest absolute Gasteiger partial charge is 0.487 e. The zero-order valence-corrected chi connectivity index (χ0v) is 41.2. The first kappa shape index (κ1) is 53.0. The molecule has 0 unspecified atom stereocenters. The Morgan fingerprint density at radius 3 is 2.33 bits per heavy atom. The number of aryl methyl sites for hydroxylation is 1. The number of carbonyl (C=O) groups is 1. The molecule has 0 bridgehead atoms. The molecule has 1 fully saturated rings. The number of aliphatic hydroxyl groups is 2. The standard InChI is InChI=1S/C55H76N4O10/c1-5-7-8-9-10-11-12-13-14-19-34-65-54(62)58(4)51-37-49(57-68-38-41-25-27-44(28-26-41)59(63)64)47-35-42(22-15-17-31-60)46(24-16-18-32-61)52-48-36-45(66-39-43-23-20-21-40(3)56-43)29-30-50(48)69-55(51,53(47)52)67-33-6-2/h6,20-21,23,25-30,35-36,42,46,51-53,60-61H,2,5,7-19,22,24,31-34,37-39H2,1,3-4H3/t42-,46+,51-,52+,53+,55+/m0/s1. The summed E-state index contributed by atoms with van der Waals surface area (Å²) in [6.45, 7) is 9.13. The number of oxime groups is 1. The summed E-state index contributed by atoms with van der Waals surface area (Å²) >= 11 is 0. The van der Waals surface area contributed by atoms with Gasteiger partial charge in [-0.15, -0.1) is 6.58 Å². The zero-order valence-electron chi connectivity index (χ0n) is 41.2. The van der Waals surface area contributed by atoms with Crippen LogP contribution >= 0.6 is 0 Å². The number of carbonyl (C=O) groups excluding carboxylic acids is 1. The van der Waals surface area contributed by atoms with Gasteiger partial charge in [0.2, 0.25) is 5.79 Å². The summed E-state index contributed by atoms with van der Waals surface area (Å²) in [5.74, 6) is -0.838. The van der Waals surface area contributed by atoms with Crippen molar-refractivity contribution < 1.29 is 43.7 Å². The highest BCUT2D eigenvalue weighted by Crippen LogP contribution is 2.62. The highest BCUT2D eigenvalue weighted by Gasteiger charge is 2.65. The van der Waals surface area contributed by atoms with Crippen LogP contribution in [0.25, 0.3) is 0 Å². The van der Waals surface area contributed by atoms with Gasteiger partial charge in [-0.05, 0) is 104 Å². The molecule has 2 heterocycles. The fourth-order valence-electron chi connectivity index (χ4n) is 10.5. The number of amides is 1. The van der Waals surface area contributed by atoms with Crippen molar-refractivity contribution in [2.75, 3.05) is 33.5 Å². The van der Waals surface area contributed by atoms with Crippen molar-refractivity contribution in [1.29, 1.82) is 0 Å². The number of aromatic nitrogens is 1. The molecule has 0 radical (unpaired) electrons. The minimum absolute atomic E-state index is 0.0173. The molecule has 1 aromatic heterocycles. The fraction of sp³-hybridized carbons (Fsp3) is 0.582. The summed E-state index contributed by atoms with van der Waals surface area (Å²) in [6.07, 6.45) is 19.8. The van der Waals surface area contributed by atoms with Gasteiger partial charge in [-0.3, -0.25) is 15.1 Å². The van der Waals surface area contributed by atoms with E-state index in [1.807, 2.05) is 37.3 Å². The monoisotopic (exact) mass is 953 g/mol. The number of unbranched alkanes of at least 4 members (excludes halogenated alkanes) is 11. The van der Waals surface area contributed by atoms with Gasteiger partial charge in [-0.1, -0.05) is 101 Å². The fourth-order valence-corrected chi connectivity index (χ4v) is 10.5. The second-order valence-corrected chi connectivity index (χ2v) is 18.9. The van der Waals surface area contributed by atoms with Gasteiger partial charge in [0, 0.05) is 56.0 Å². The number of fused-ring (bicyclic) bond motifs is 2. The van der Waals surface area contributed by atoms with Crippen molar-refractivity contribution in [1.82, 2.24) is 9.88 Å². The lowest BCUT2D eigenvalue weighted by Crippen LogP contribution is -2.69. The Kier molecular flexibility index (Phi) is 20.9.